The van der Waals surface area contributed by atoms with Gasteiger partial charge < -0.3 is 0 Å². The Morgan fingerprint density at radius 1 is 1.43 bits per heavy atom. The summed E-state index contributed by atoms with van der Waals surface area (Å²) in [6.45, 7) is 7.68. The van der Waals surface area contributed by atoms with E-state index in [1.807, 2.05) is 38.2 Å². The first-order chi connectivity index (χ1) is 6.86. The lowest BCUT2D eigenvalue weighted by Gasteiger charge is -1.82. The lowest BCUT2D eigenvalue weighted by Crippen LogP contribution is -1.74. The lowest BCUT2D eigenvalue weighted by molar-refractivity contribution is 1.47. The zero-order valence-corrected chi connectivity index (χ0v) is 9.12. The summed E-state index contributed by atoms with van der Waals surface area (Å²) in [5, 5.41) is 0. The van der Waals surface area contributed by atoms with Crippen molar-refractivity contribution in [3.8, 4) is 0 Å². The molecule has 0 amide bonds. The van der Waals surface area contributed by atoms with E-state index in [9.17, 15) is 0 Å². The Balaban J connectivity index is 0.000000791. The molecule has 0 aromatic rings. The molecule has 0 aliphatic heterocycles. The van der Waals surface area contributed by atoms with E-state index in [1.54, 1.807) is 19.3 Å². The van der Waals surface area contributed by atoms with Gasteiger partial charge in [-0.3, -0.25) is 4.99 Å². The zero-order valence-electron chi connectivity index (χ0n) is 9.12. The molecule has 0 radical (unpaired) electrons. The minimum atomic E-state index is 0.977. The molecule has 0 unspecified atom stereocenters. The van der Waals surface area contributed by atoms with Gasteiger partial charge in [0.25, 0.3) is 0 Å². The molecule has 1 heteroatoms. The van der Waals surface area contributed by atoms with Crippen LogP contribution in [0, 0.1) is 0 Å². The summed E-state index contributed by atoms with van der Waals surface area (Å²) in [6.07, 6.45) is 11.4. The van der Waals surface area contributed by atoms with E-state index in [2.05, 4.69) is 17.3 Å². The lowest BCUT2D eigenvalue weighted by atomic mass is 10.2. The quantitative estimate of drug-likeness (QED) is 0.463. The summed E-state index contributed by atoms with van der Waals surface area (Å²) in [5.41, 5.74) is 5.14. The van der Waals surface area contributed by atoms with E-state index >= 15 is 0 Å². The van der Waals surface area contributed by atoms with Crippen molar-refractivity contribution in [3.63, 3.8) is 0 Å². The Hall–Kier alpha value is -1.59. The second-order valence-corrected chi connectivity index (χ2v) is 2.36. The third kappa shape index (κ3) is 4.44. The van der Waals surface area contributed by atoms with Gasteiger partial charge in [-0.1, -0.05) is 38.7 Å². The van der Waals surface area contributed by atoms with Crippen molar-refractivity contribution in [3.05, 3.63) is 53.8 Å². The average molecular weight is 187 g/mol. The number of rotatable bonds is 2. The number of nitrogens with zero attached hydrogens (tertiary/aromatic N) is 1. The highest BCUT2D eigenvalue weighted by molar-refractivity contribution is 5.82. The van der Waals surface area contributed by atoms with E-state index in [0.29, 0.717) is 0 Å². The molecule has 0 fully saturated rings. The molecule has 14 heavy (non-hydrogen) atoms. The van der Waals surface area contributed by atoms with Gasteiger partial charge in [-0.25, -0.2) is 0 Å². The zero-order chi connectivity index (χ0) is 10.8. The first-order valence-electron chi connectivity index (χ1n) is 4.76. The number of allylic oxidation sites excluding steroid dienone is 6. The van der Waals surface area contributed by atoms with Crippen molar-refractivity contribution >= 4 is 6.21 Å². The van der Waals surface area contributed by atoms with Gasteiger partial charge in [-0.05, 0) is 17.7 Å². The number of aliphatic imine (C=N–C) groups is 1. The standard InChI is InChI=1S/C11H11N.C2H6/c1-3-10-5-4-6-11(8-7-10)9-12-2;1-2/h3-7,9H,1H2,2H3;1-2H3. The maximum Gasteiger partial charge on any atom is 0.0359 e. The van der Waals surface area contributed by atoms with Crippen LogP contribution in [0.25, 0.3) is 0 Å². The molecule has 74 valence electrons. The third-order valence-electron chi connectivity index (χ3n) is 1.47. The van der Waals surface area contributed by atoms with Crippen molar-refractivity contribution in [1.29, 1.82) is 0 Å². The SMILES string of the molecule is C=CC1=CC=CC(C=NC)=C=C1.CC. The summed E-state index contributed by atoms with van der Waals surface area (Å²) in [6, 6.07) is 0. The highest BCUT2D eigenvalue weighted by Crippen LogP contribution is 2.04. The predicted octanol–water partition coefficient (Wildman–Crippen LogP) is 3.48. The number of hydrogen-bond acceptors (Lipinski definition) is 1. The summed E-state index contributed by atoms with van der Waals surface area (Å²) in [4.78, 5) is 3.91. The topological polar surface area (TPSA) is 12.4 Å². The van der Waals surface area contributed by atoms with Crippen LogP contribution in [0.4, 0.5) is 0 Å². The van der Waals surface area contributed by atoms with Crippen molar-refractivity contribution in [1.82, 2.24) is 0 Å². The van der Waals surface area contributed by atoms with Gasteiger partial charge in [-0.15, -0.1) is 5.73 Å². The summed E-state index contributed by atoms with van der Waals surface area (Å²) < 4.78 is 0. The highest BCUT2D eigenvalue weighted by Gasteiger charge is 1.88. The molecule has 0 aromatic heterocycles. The van der Waals surface area contributed by atoms with E-state index < -0.39 is 0 Å². The molecule has 0 heterocycles. The van der Waals surface area contributed by atoms with Gasteiger partial charge in [0, 0.05) is 18.8 Å². The first-order valence-corrected chi connectivity index (χ1v) is 4.76. The van der Waals surface area contributed by atoms with Gasteiger partial charge in [0.1, 0.15) is 0 Å². The van der Waals surface area contributed by atoms with Gasteiger partial charge >= 0.3 is 0 Å². The van der Waals surface area contributed by atoms with Crippen molar-refractivity contribution in [2.45, 2.75) is 13.8 Å². The van der Waals surface area contributed by atoms with Gasteiger partial charge in [-0.2, -0.15) is 0 Å². The minimum Gasteiger partial charge on any atom is -0.295 e. The third-order valence-corrected chi connectivity index (χ3v) is 1.47. The maximum absolute atomic E-state index is 3.91. The van der Waals surface area contributed by atoms with E-state index in [1.165, 1.54) is 0 Å². The second kappa shape index (κ2) is 8.03. The van der Waals surface area contributed by atoms with Crippen molar-refractivity contribution in [2.24, 2.45) is 4.99 Å². The van der Waals surface area contributed by atoms with Crippen LogP contribution in [-0.2, 0) is 0 Å². The second-order valence-electron chi connectivity index (χ2n) is 2.36. The molecule has 0 atom stereocenters. The predicted molar refractivity (Wildman–Crippen MR) is 64.8 cm³/mol. The van der Waals surface area contributed by atoms with Gasteiger partial charge in [0.2, 0.25) is 0 Å². The molecule has 1 aliphatic rings. The summed E-state index contributed by atoms with van der Waals surface area (Å²) >= 11 is 0. The Morgan fingerprint density at radius 2 is 2.14 bits per heavy atom. The van der Waals surface area contributed by atoms with Crippen molar-refractivity contribution < 1.29 is 0 Å². The fourth-order valence-corrected chi connectivity index (χ4v) is 0.872. The fraction of sp³-hybridized carbons (Fsp3) is 0.231. The molecule has 1 aliphatic carbocycles. The Kier molecular flexibility index (Phi) is 7.12. The van der Waals surface area contributed by atoms with Crippen LogP contribution in [0.15, 0.2) is 58.8 Å². The van der Waals surface area contributed by atoms with Crippen LogP contribution in [0.5, 0.6) is 0 Å². The van der Waals surface area contributed by atoms with E-state index in [4.69, 9.17) is 0 Å². The van der Waals surface area contributed by atoms with Gasteiger partial charge in [0.15, 0.2) is 0 Å². The molecule has 0 bridgehead atoms. The summed E-state index contributed by atoms with van der Waals surface area (Å²) in [7, 11) is 1.75. The van der Waals surface area contributed by atoms with Crippen molar-refractivity contribution in [2.75, 3.05) is 7.05 Å². The Bertz CT molecular complexity index is 321. The molecule has 0 N–H and O–H groups in total. The fourth-order valence-electron chi connectivity index (χ4n) is 0.872. The molecular formula is C13H17N. The van der Waals surface area contributed by atoms with Gasteiger partial charge in [0.05, 0.1) is 0 Å². The van der Waals surface area contributed by atoms with Crippen LogP contribution >= 0.6 is 0 Å². The average Bonchev–Trinajstić information content (AvgIpc) is 2.47. The molecule has 1 nitrogen and oxygen atoms in total. The highest BCUT2D eigenvalue weighted by atomic mass is 14.6. The van der Waals surface area contributed by atoms with Crippen LogP contribution in [-0.4, -0.2) is 13.3 Å². The van der Waals surface area contributed by atoms with E-state index in [-0.39, 0.29) is 0 Å². The van der Waals surface area contributed by atoms with Crippen LogP contribution in [0.2, 0.25) is 0 Å². The smallest absolute Gasteiger partial charge is 0.0359 e. The van der Waals surface area contributed by atoms with E-state index in [0.717, 1.165) is 11.1 Å². The molecule has 1 rings (SSSR count). The number of hydrogen-bond donors (Lipinski definition) is 0. The Labute approximate surface area is 86.6 Å². The van der Waals surface area contributed by atoms with Crippen LogP contribution < -0.4 is 0 Å². The molecule has 0 spiro atoms. The first kappa shape index (κ1) is 12.4. The molecule has 0 saturated heterocycles. The molecule has 0 saturated carbocycles. The monoisotopic (exact) mass is 187 g/mol. The minimum absolute atomic E-state index is 0.977. The Morgan fingerprint density at radius 3 is 2.71 bits per heavy atom. The van der Waals surface area contributed by atoms with Crippen LogP contribution in [0.1, 0.15) is 13.8 Å². The maximum atomic E-state index is 3.91. The molecule has 0 aromatic carbocycles. The summed E-state index contributed by atoms with van der Waals surface area (Å²) in [5.74, 6) is 0. The van der Waals surface area contributed by atoms with Crippen LogP contribution in [0.3, 0.4) is 0 Å². The normalized spacial score (nSPS) is 13.9. The largest absolute Gasteiger partial charge is 0.295 e. The molecular weight excluding hydrogens is 170 g/mol.